The Bertz CT molecular complexity index is 453. The van der Waals surface area contributed by atoms with Crippen molar-refractivity contribution >= 4 is 17.4 Å². The number of ether oxygens (including phenoxy) is 1. The Morgan fingerprint density at radius 2 is 2.33 bits per heavy atom. The van der Waals surface area contributed by atoms with E-state index in [1.54, 1.807) is 11.3 Å². The van der Waals surface area contributed by atoms with Gasteiger partial charge in [-0.1, -0.05) is 0 Å². The quantitative estimate of drug-likeness (QED) is 0.929. The fourth-order valence-electron chi connectivity index (χ4n) is 2.78. The number of nitrogens with one attached hydrogen (secondary N) is 1. The van der Waals surface area contributed by atoms with Gasteiger partial charge in [-0.05, 0) is 69.0 Å². The molecule has 0 spiro atoms. The zero-order valence-electron chi connectivity index (χ0n) is 13.4. The van der Waals surface area contributed by atoms with Crippen molar-refractivity contribution in [1.82, 2.24) is 10.2 Å². The fraction of sp³-hybridized carbons (Fsp3) is 0.688. The summed E-state index contributed by atoms with van der Waals surface area (Å²) in [4.78, 5) is 14.0. The minimum Gasteiger partial charge on any atom is -0.444 e. The van der Waals surface area contributed by atoms with Crippen LogP contribution in [0.15, 0.2) is 16.8 Å². The summed E-state index contributed by atoms with van der Waals surface area (Å²) in [6, 6.07) is 2.59. The molecular weight excluding hydrogens is 284 g/mol. The molecule has 0 aromatic carbocycles. The summed E-state index contributed by atoms with van der Waals surface area (Å²) in [5.74, 6) is 0.488. The van der Waals surface area contributed by atoms with Gasteiger partial charge in [0.1, 0.15) is 5.60 Å². The lowest BCUT2D eigenvalue weighted by Gasteiger charge is -2.26. The van der Waals surface area contributed by atoms with Gasteiger partial charge in [0.2, 0.25) is 0 Å². The number of rotatable bonds is 4. The summed E-state index contributed by atoms with van der Waals surface area (Å²) >= 11 is 1.73. The largest absolute Gasteiger partial charge is 0.444 e. The third kappa shape index (κ3) is 4.71. The Kier molecular flexibility index (Phi) is 5.27. The molecule has 1 aliphatic heterocycles. The van der Waals surface area contributed by atoms with E-state index in [0.717, 1.165) is 25.9 Å². The zero-order valence-corrected chi connectivity index (χ0v) is 14.2. The van der Waals surface area contributed by atoms with E-state index >= 15 is 0 Å². The van der Waals surface area contributed by atoms with Crippen molar-refractivity contribution in [2.75, 3.05) is 20.1 Å². The van der Waals surface area contributed by atoms with Crippen molar-refractivity contribution in [3.05, 3.63) is 22.4 Å². The molecule has 2 heterocycles. The zero-order chi connectivity index (χ0) is 15.5. The molecule has 1 N–H and O–H groups in total. The van der Waals surface area contributed by atoms with Gasteiger partial charge in [0.25, 0.3) is 0 Å². The molecule has 1 aromatic heterocycles. The van der Waals surface area contributed by atoms with Crippen LogP contribution in [0.2, 0.25) is 0 Å². The number of thiophene rings is 1. The number of likely N-dealkylation sites (tertiary alicyclic amines) is 1. The molecule has 2 rings (SSSR count). The first-order valence-corrected chi connectivity index (χ1v) is 8.49. The van der Waals surface area contributed by atoms with Crippen molar-refractivity contribution in [3.63, 3.8) is 0 Å². The van der Waals surface area contributed by atoms with E-state index in [1.807, 2.05) is 32.7 Å². The van der Waals surface area contributed by atoms with Gasteiger partial charge < -0.3 is 15.0 Å². The summed E-state index contributed by atoms with van der Waals surface area (Å²) in [6.07, 6.45) is 1.87. The fourth-order valence-corrected chi connectivity index (χ4v) is 3.46. The molecule has 0 radical (unpaired) electrons. The predicted molar refractivity (Wildman–Crippen MR) is 86.8 cm³/mol. The van der Waals surface area contributed by atoms with E-state index in [9.17, 15) is 4.79 Å². The molecule has 21 heavy (non-hydrogen) atoms. The molecule has 1 fully saturated rings. The van der Waals surface area contributed by atoms with Gasteiger partial charge in [-0.15, -0.1) is 0 Å². The minimum absolute atomic E-state index is 0.185. The first-order chi connectivity index (χ1) is 9.89. The lowest BCUT2D eigenvalue weighted by atomic mass is 9.94. The Balaban J connectivity index is 1.89. The van der Waals surface area contributed by atoms with Crippen molar-refractivity contribution in [2.24, 2.45) is 5.92 Å². The second kappa shape index (κ2) is 6.79. The monoisotopic (exact) mass is 310 g/mol. The van der Waals surface area contributed by atoms with E-state index in [0.29, 0.717) is 12.0 Å². The lowest BCUT2D eigenvalue weighted by molar-refractivity contribution is 0.0285. The molecule has 118 valence electrons. The van der Waals surface area contributed by atoms with Crippen LogP contribution in [0.5, 0.6) is 0 Å². The van der Waals surface area contributed by atoms with E-state index in [2.05, 4.69) is 22.1 Å². The summed E-state index contributed by atoms with van der Waals surface area (Å²) < 4.78 is 5.46. The van der Waals surface area contributed by atoms with Gasteiger partial charge in [-0.2, -0.15) is 11.3 Å². The Morgan fingerprint density at radius 1 is 1.57 bits per heavy atom. The maximum atomic E-state index is 12.1. The smallest absolute Gasteiger partial charge is 0.410 e. The summed E-state index contributed by atoms with van der Waals surface area (Å²) in [5, 5.41) is 7.73. The average Bonchev–Trinajstić information content (AvgIpc) is 3.05. The Morgan fingerprint density at radius 3 is 2.90 bits per heavy atom. The molecule has 0 bridgehead atoms. The lowest BCUT2D eigenvalue weighted by Crippen LogP contribution is -2.39. The van der Waals surface area contributed by atoms with E-state index in [1.165, 1.54) is 5.56 Å². The molecule has 2 unspecified atom stereocenters. The van der Waals surface area contributed by atoms with Gasteiger partial charge in [0, 0.05) is 19.1 Å². The number of carbonyl (C=O) groups is 1. The Labute approximate surface area is 131 Å². The van der Waals surface area contributed by atoms with Crippen LogP contribution in [0, 0.1) is 5.92 Å². The maximum absolute atomic E-state index is 12.1. The highest BCUT2D eigenvalue weighted by atomic mass is 32.1. The SMILES string of the molecule is CNC(Cc1ccsc1)C1CCN(C(=O)OC(C)(C)C)C1. The van der Waals surface area contributed by atoms with Gasteiger partial charge in [-0.25, -0.2) is 4.79 Å². The third-order valence-corrected chi connectivity index (χ3v) is 4.58. The van der Waals surface area contributed by atoms with Crippen LogP contribution >= 0.6 is 11.3 Å². The maximum Gasteiger partial charge on any atom is 0.410 e. The molecule has 4 nitrogen and oxygen atoms in total. The van der Waals surface area contributed by atoms with Crippen LogP contribution in [-0.2, 0) is 11.2 Å². The molecule has 5 heteroatoms. The van der Waals surface area contributed by atoms with Gasteiger partial charge >= 0.3 is 6.09 Å². The highest BCUT2D eigenvalue weighted by Crippen LogP contribution is 2.24. The van der Waals surface area contributed by atoms with Crippen LogP contribution < -0.4 is 5.32 Å². The number of nitrogens with zero attached hydrogens (tertiary/aromatic N) is 1. The molecule has 0 saturated carbocycles. The molecule has 0 aliphatic carbocycles. The van der Waals surface area contributed by atoms with Crippen molar-refractivity contribution < 1.29 is 9.53 Å². The van der Waals surface area contributed by atoms with Crippen molar-refractivity contribution in [3.8, 4) is 0 Å². The molecule has 1 aromatic rings. The first kappa shape index (κ1) is 16.3. The van der Waals surface area contributed by atoms with Crippen molar-refractivity contribution in [1.29, 1.82) is 0 Å². The van der Waals surface area contributed by atoms with Gasteiger partial charge in [0.15, 0.2) is 0 Å². The predicted octanol–water partition coefficient (Wildman–Crippen LogP) is 3.14. The molecule has 1 saturated heterocycles. The third-order valence-electron chi connectivity index (χ3n) is 3.85. The van der Waals surface area contributed by atoms with Crippen LogP contribution in [-0.4, -0.2) is 42.8 Å². The second-order valence-corrected chi connectivity index (χ2v) is 7.49. The molecule has 1 aliphatic rings. The first-order valence-electron chi connectivity index (χ1n) is 7.55. The van der Waals surface area contributed by atoms with Crippen LogP contribution in [0.4, 0.5) is 4.79 Å². The number of hydrogen-bond acceptors (Lipinski definition) is 4. The number of amides is 1. The highest BCUT2D eigenvalue weighted by Gasteiger charge is 2.33. The number of carbonyl (C=O) groups excluding carboxylic acids is 1. The summed E-state index contributed by atoms with van der Waals surface area (Å²) in [6.45, 7) is 7.30. The van der Waals surface area contributed by atoms with Gasteiger partial charge in [-0.3, -0.25) is 0 Å². The van der Waals surface area contributed by atoms with Crippen LogP contribution in [0.25, 0.3) is 0 Å². The average molecular weight is 310 g/mol. The normalized spacial score (nSPS) is 20.6. The standard InChI is InChI=1S/C16H26N2O2S/c1-16(2,3)20-15(19)18-7-5-13(10-18)14(17-4)9-12-6-8-21-11-12/h6,8,11,13-14,17H,5,7,9-10H2,1-4H3. The Hall–Kier alpha value is -1.07. The van der Waals surface area contributed by atoms with Crippen LogP contribution in [0.3, 0.4) is 0 Å². The minimum atomic E-state index is -0.422. The molecule has 2 atom stereocenters. The van der Waals surface area contributed by atoms with E-state index in [4.69, 9.17) is 4.74 Å². The van der Waals surface area contributed by atoms with Crippen molar-refractivity contribution in [2.45, 2.75) is 45.3 Å². The second-order valence-electron chi connectivity index (χ2n) is 6.71. The van der Waals surface area contributed by atoms with E-state index < -0.39 is 5.60 Å². The highest BCUT2D eigenvalue weighted by molar-refractivity contribution is 7.07. The molecule has 1 amide bonds. The van der Waals surface area contributed by atoms with Crippen LogP contribution in [0.1, 0.15) is 32.8 Å². The number of likely N-dealkylation sites (N-methyl/N-ethyl adjacent to an activating group) is 1. The topological polar surface area (TPSA) is 41.6 Å². The van der Waals surface area contributed by atoms with Gasteiger partial charge in [0.05, 0.1) is 0 Å². The summed E-state index contributed by atoms with van der Waals surface area (Å²) in [5.41, 5.74) is 0.948. The number of hydrogen-bond donors (Lipinski definition) is 1. The van der Waals surface area contributed by atoms with E-state index in [-0.39, 0.29) is 6.09 Å². The molecular formula is C16H26N2O2S. The summed E-state index contributed by atoms with van der Waals surface area (Å²) in [7, 11) is 2.01.